The zero-order valence-electron chi connectivity index (χ0n) is 14.9. The van der Waals surface area contributed by atoms with Crippen molar-refractivity contribution in [2.24, 2.45) is 11.8 Å². The minimum atomic E-state index is -0.0633. The smallest absolute Gasteiger partial charge is 0.0597 e. The van der Waals surface area contributed by atoms with Crippen LogP contribution in [0.25, 0.3) is 0 Å². The van der Waals surface area contributed by atoms with Gasteiger partial charge in [0.2, 0.25) is 0 Å². The van der Waals surface area contributed by atoms with Gasteiger partial charge < -0.3 is 14.7 Å². The van der Waals surface area contributed by atoms with Crippen molar-refractivity contribution >= 4 is 0 Å². The first-order chi connectivity index (χ1) is 11.3. The molecule has 1 heterocycles. The van der Waals surface area contributed by atoms with Gasteiger partial charge in [0.05, 0.1) is 18.8 Å². The molecule has 0 radical (unpaired) electrons. The van der Waals surface area contributed by atoms with E-state index in [1.54, 1.807) is 0 Å². The van der Waals surface area contributed by atoms with Crippen LogP contribution in [0.2, 0.25) is 0 Å². The Labute approximate surface area is 142 Å². The summed E-state index contributed by atoms with van der Waals surface area (Å²) in [5.74, 6) is 2.03. The Kier molecular flexibility index (Phi) is 7.22. The van der Waals surface area contributed by atoms with Crippen molar-refractivity contribution in [2.75, 3.05) is 26.2 Å². The minimum Gasteiger partial charge on any atom is -0.393 e. The summed E-state index contributed by atoms with van der Waals surface area (Å²) in [5, 5.41) is 9.54. The van der Waals surface area contributed by atoms with Crippen LogP contribution in [0.5, 0.6) is 0 Å². The third kappa shape index (κ3) is 6.03. The van der Waals surface area contributed by atoms with Crippen molar-refractivity contribution in [1.29, 1.82) is 0 Å². The van der Waals surface area contributed by atoms with E-state index in [2.05, 4.69) is 4.90 Å². The number of aliphatic hydroxyl groups excluding tert-OH is 1. The van der Waals surface area contributed by atoms with E-state index >= 15 is 0 Å². The highest BCUT2D eigenvalue weighted by Crippen LogP contribution is 2.35. The maximum atomic E-state index is 9.54. The number of hydrogen-bond donors (Lipinski definition) is 1. The molecule has 1 saturated heterocycles. The molecule has 2 aliphatic carbocycles. The Hall–Kier alpha value is -0.120. The lowest BCUT2D eigenvalue weighted by molar-refractivity contribution is -0.00342. The van der Waals surface area contributed by atoms with Crippen molar-refractivity contribution in [3.8, 4) is 0 Å². The molecule has 0 amide bonds. The first kappa shape index (κ1) is 17.7. The van der Waals surface area contributed by atoms with Crippen LogP contribution in [0.1, 0.15) is 77.0 Å². The Morgan fingerprint density at radius 1 is 0.783 bits per heavy atom. The molecule has 0 aromatic rings. The number of hydrogen-bond acceptors (Lipinski definition) is 3. The molecular weight excluding hydrogens is 286 g/mol. The molecule has 0 atom stereocenters. The maximum absolute atomic E-state index is 9.54. The normalized spacial score (nSPS) is 32.2. The molecule has 3 rings (SSSR count). The molecule has 1 aliphatic heterocycles. The molecule has 2 saturated carbocycles. The minimum absolute atomic E-state index is 0.0633. The van der Waals surface area contributed by atoms with E-state index in [0.717, 1.165) is 50.9 Å². The van der Waals surface area contributed by atoms with Gasteiger partial charge in [-0.2, -0.15) is 0 Å². The zero-order valence-corrected chi connectivity index (χ0v) is 14.9. The summed E-state index contributed by atoms with van der Waals surface area (Å²) in [6.45, 7) is 4.01. The van der Waals surface area contributed by atoms with E-state index in [4.69, 9.17) is 4.74 Å². The zero-order chi connectivity index (χ0) is 15.9. The second-order valence-electron chi connectivity index (χ2n) is 8.33. The predicted molar refractivity (Wildman–Crippen MR) is 94.6 cm³/mol. The van der Waals surface area contributed by atoms with Crippen molar-refractivity contribution in [2.45, 2.75) is 89.3 Å². The van der Waals surface area contributed by atoms with E-state index in [1.807, 2.05) is 0 Å². The molecule has 23 heavy (non-hydrogen) atoms. The molecule has 3 heteroatoms. The Morgan fingerprint density at radius 3 is 2.13 bits per heavy atom. The van der Waals surface area contributed by atoms with E-state index in [-0.39, 0.29) is 6.10 Å². The van der Waals surface area contributed by atoms with Crippen LogP contribution < -0.4 is 0 Å². The van der Waals surface area contributed by atoms with Gasteiger partial charge in [-0.3, -0.25) is 0 Å². The van der Waals surface area contributed by atoms with Gasteiger partial charge in [0.25, 0.3) is 0 Å². The van der Waals surface area contributed by atoms with Crippen molar-refractivity contribution in [3.05, 3.63) is 0 Å². The van der Waals surface area contributed by atoms with Crippen LogP contribution in [0.3, 0.4) is 0 Å². The fraction of sp³-hybridized carbons (Fsp3) is 1.00. The third-order valence-corrected chi connectivity index (χ3v) is 6.50. The summed E-state index contributed by atoms with van der Waals surface area (Å²) in [7, 11) is 0. The van der Waals surface area contributed by atoms with E-state index in [9.17, 15) is 5.11 Å². The molecule has 0 aromatic heterocycles. The monoisotopic (exact) mass is 323 g/mol. The molecule has 0 bridgehead atoms. The van der Waals surface area contributed by atoms with Gasteiger partial charge in [-0.25, -0.2) is 0 Å². The van der Waals surface area contributed by atoms with Crippen LogP contribution in [-0.4, -0.2) is 48.5 Å². The van der Waals surface area contributed by atoms with Gasteiger partial charge in [0.15, 0.2) is 0 Å². The molecular formula is C20H37NO2. The number of nitrogens with zero attached hydrogens (tertiary/aromatic N) is 1. The van der Waals surface area contributed by atoms with Crippen LogP contribution in [0, 0.1) is 11.8 Å². The van der Waals surface area contributed by atoms with Gasteiger partial charge >= 0.3 is 0 Å². The Bertz CT molecular complexity index is 314. The summed E-state index contributed by atoms with van der Waals surface area (Å²) in [6, 6.07) is 0. The SMILES string of the molecule is OC1CCN(CCOC2CCC(CC3CCCCC3)CC2)CC1. The van der Waals surface area contributed by atoms with Crippen molar-refractivity contribution < 1.29 is 9.84 Å². The topological polar surface area (TPSA) is 32.7 Å². The fourth-order valence-electron chi connectivity index (χ4n) is 4.92. The summed E-state index contributed by atoms with van der Waals surface area (Å²) in [6.07, 6.45) is 16.7. The Balaban J connectivity index is 1.24. The predicted octanol–water partition coefficient (Wildman–Crippen LogP) is 3.99. The number of likely N-dealkylation sites (tertiary alicyclic amines) is 1. The van der Waals surface area contributed by atoms with Gasteiger partial charge in [0.1, 0.15) is 0 Å². The molecule has 134 valence electrons. The first-order valence-corrected chi connectivity index (χ1v) is 10.3. The fourth-order valence-corrected chi connectivity index (χ4v) is 4.92. The molecule has 3 nitrogen and oxygen atoms in total. The highest BCUT2D eigenvalue weighted by atomic mass is 16.5. The number of ether oxygens (including phenoxy) is 1. The number of rotatable bonds is 6. The van der Waals surface area contributed by atoms with Gasteiger partial charge in [0, 0.05) is 19.6 Å². The summed E-state index contributed by atoms with van der Waals surface area (Å²) in [5.41, 5.74) is 0. The lowest BCUT2D eigenvalue weighted by Gasteiger charge is -2.33. The molecule has 0 spiro atoms. The van der Waals surface area contributed by atoms with Crippen molar-refractivity contribution in [1.82, 2.24) is 4.90 Å². The lowest BCUT2D eigenvalue weighted by atomic mass is 9.77. The molecule has 3 aliphatic rings. The second-order valence-corrected chi connectivity index (χ2v) is 8.33. The van der Waals surface area contributed by atoms with Crippen LogP contribution in [0.4, 0.5) is 0 Å². The number of piperidine rings is 1. The number of aliphatic hydroxyl groups is 1. The summed E-state index contributed by atoms with van der Waals surface area (Å²) < 4.78 is 6.15. The molecule has 3 fully saturated rings. The quantitative estimate of drug-likeness (QED) is 0.802. The molecule has 0 aromatic carbocycles. The first-order valence-electron chi connectivity index (χ1n) is 10.3. The lowest BCUT2D eigenvalue weighted by Crippen LogP contribution is -2.38. The average molecular weight is 324 g/mol. The van der Waals surface area contributed by atoms with Gasteiger partial charge in [-0.15, -0.1) is 0 Å². The maximum Gasteiger partial charge on any atom is 0.0597 e. The summed E-state index contributed by atoms with van der Waals surface area (Å²) in [4.78, 5) is 2.45. The highest BCUT2D eigenvalue weighted by Gasteiger charge is 2.25. The van der Waals surface area contributed by atoms with Crippen LogP contribution in [0.15, 0.2) is 0 Å². The highest BCUT2D eigenvalue weighted by molar-refractivity contribution is 4.77. The van der Waals surface area contributed by atoms with E-state index < -0.39 is 0 Å². The van der Waals surface area contributed by atoms with E-state index in [0.29, 0.717) is 6.10 Å². The molecule has 1 N–H and O–H groups in total. The van der Waals surface area contributed by atoms with Gasteiger partial charge in [-0.1, -0.05) is 32.1 Å². The van der Waals surface area contributed by atoms with Gasteiger partial charge in [-0.05, 0) is 56.8 Å². The molecule has 0 unspecified atom stereocenters. The summed E-state index contributed by atoms with van der Waals surface area (Å²) >= 11 is 0. The largest absolute Gasteiger partial charge is 0.393 e. The van der Waals surface area contributed by atoms with E-state index in [1.165, 1.54) is 64.2 Å². The van der Waals surface area contributed by atoms with Crippen molar-refractivity contribution in [3.63, 3.8) is 0 Å². The second kappa shape index (κ2) is 9.39. The Morgan fingerprint density at radius 2 is 1.43 bits per heavy atom. The average Bonchev–Trinajstić information content (AvgIpc) is 2.59. The third-order valence-electron chi connectivity index (χ3n) is 6.50. The van der Waals surface area contributed by atoms with Crippen LogP contribution in [-0.2, 0) is 4.74 Å². The van der Waals surface area contributed by atoms with Crippen LogP contribution >= 0.6 is 0 Å². The standard InChI is InChI=1S/C20H37NO2/c22-19-10-12-21(13-11-19)14-15-23-20-8-6-18(7-9-20)16-17-4-2-1-3-5-17/h17-20,22H,1-16H2.